The van der Waals surface area contributed by atoms with Gasteiger partial charge in [-0.1, -0.05) is 48.5 Å². The average Bonchev–Trinajstić information content (AvgIpc) is 3.28. The van der Waals surface area contributed by atoms with Gasteiger partial charge in [0.15, 0.2) is 12.1 Å². The van der Waals surface area contributed by atoms with Crippen molar-refractivity contribution < 1.29 is 23.8 Å². The highest BCUT2D eigenvalue weighted by atomic mass is 32.1. The number of amides is 1. The molecule has 2 N–H and O–H groups in total. The number of ketones is 1. The molecule has 0 aliphatic rings. The summed E-state index contributed by atoms with van der Waals surface area (Å²) in [6.07, 6.45) is -1.01. The predicted molar refractivity (Wildman–Crippen MR) is 135 cm³/mol. The molecule has 8 nitrogen and oxygen atoms in total. The number of para-hydroxylation sites is 1. The van der Waals surface area contributed by atoms with Gasteiger partial charge in [0, 0.05) is 30.2 Å². The lowest BCUT2D eigenvalue weighted by Gasteiger charge is -2.18. The third-order valence-corrected chi connectivity index (χ3v) is 6.87. The van der Waals surface area contributed by atoms with E-state index in [1.807, 2.05) is 25.1 Å². The van der Waals surface area contributed by atoms with Crippen molar-refractivity contribution in [2.45, 2.75) is 19.8 Å². The van der Waals surface area contributed by atoms with Gasteiger partial charge in [-0.05, 0) is 13.0 Å². The zero-order valence-corrected chi connectivity index (χ0v) is 20.3. The van der Waals surface area contributed by atoms with Crippen LogP contribution in [0.1, 0.15) is 38.8 Å². The van der Waals surface area contributed by atoms with Crippen LogP contribution in [0.5, 0.6) is 0 Å². The van der Waals surface area contributed by atoms with Gasteiger partial charge in [0.25, 0.3) is 11.5 Å². The average molecular weight is 495 g/mol. The molecular formula is C26H26N2O6S. The van der Waals surface area contributed by atoms with Crippen LogP contribution in [0.15, 0.2) is 59.4 Å². The maximum absolute atomic E-state index is 13.9. The lowest BCUT2D eigenvalue weighted by atomic mass is 10.1. The van der Waals surface area contributed by atoms with Crippen LogP contribution in [0.2, 0.25) is 0 Å². The number of primary amides is 1. The largest absolute Gasteiger partial charge is 0.379 e. The van der Waals surface area contributed by atoms with E-state index in [0.717, 1.165) is 16.7 Å². The minimum atomic E-state index is -1.01. The Morgan fingerprint density at radius 1 is 1.06 bits per heavy atom. The van der Waals surface area contributed by atoms with Gasteiger partial charge in [0.1, 0.15) is 4.88 Å². The SMILES string of the molecule is CCOCCOC(OC)c1c(C(N)=O)sc2c1c(=O)n(CC(=O)c1ccccc1)c1ccccc21. The van der Waals surface area contributed by atoms with E-state index in [4.69, 9.17) is 19.9 Å². The molecule has 2 heterocycles. The summed E-state index contributed by atoms with van der Waals surface area (Å²) in [6.45, 7) is 2.75. The number of carbonyl (C=O) groups is 2. The van der Waals surface area contributed by atoms with Gasteiger partial charge >= 0.3 is 0 Å². The van der Waals surface area contributed by atoms with Crippen molar-refractivity contribution in [3.05, 3.63) is 81.0 Å². The van der Waals surface area contributed by atoms with Crippen LogP contribution in [0.3, 0.4) is 0 Å². The molecule has 1 unspecified atom stereocenters. The maximum atomic E-state index is 13.9. The highest BCUT2D eigenvalue weighted by Crippen LogP contribution is 2.39. The number of ether oxygens (including phenoxy) is 3. The Bertz CT molecular complexity index is 1430. The quantitative estimate of drug-likeness (QED) is 0.192. The van der Waals surface area contributed by atoms with Crippen LogP contribution in [0.25, 0.3) is 21.0 Å². The Morgan fingerprint density at radius 3 is 2.46 bits per heavy atom. The zero-order valence-electron chi connectivity index (χ0n) is 19.5. The number of fused-ring (bicyclic) bond motifs is 3. The molecule has 0 spiro atoms. The molecule has 4 aromatic rings. The highest BCUT2D eigenvalue weighted by Gasteiger charge is 2.29. The third-order valence-electron chi connectivity index (χ3n) is 5.62. The second-order valence-electron chi connectivity index (χ2n) is 7.75. The number of aromatic nitrogens is 1. The summed E-state index contributed by atoms with van der Waals surface area (Å²) in [5.41, 5.74) is 6.65. The number of hydrogen-bond donors (Lipinski definition) is 1. The number of methoxy groups -OCH3 is 1. The topological polar surface area (TPSA) is 110 Å². The number of benzene rings is 2. The van der Waals surface area contributed by atoms with Crippen molar-refractivity contribution in [2.75, 3.05) is 26.9 Å². The monoisotopic (exact) mass is 494 g/mol. The molecule has 1 atom stereocenters. The van der Waals surface area contributed by atoms with Crippen LogP contribution in [-0.2, 0) is 20.8 Å². The summed E-state index contributed by atoms with van der Waals surface area (Å²) in [5, 5.41) is 0.984. The second kappa shape index (κ2) is 10.9. The molecule has 2 aromatic carbocycles. The summed E-state index contributed by atoms with van der Waals surface area (Å²) in [7, 11) is 1.43. The van der Waals surface area contributed by atoms with Gasteiger partial charge in [-0.2, -0.15) is 0 Å². The molecule has 0 saturated heterocycles. The fourth-order valence-corrected chi connectivity index (χ4v) is 5.24. The molecule has 35 heavy (non-hydrogen) atoms. The number of hydrogen-bond acceptors (Lipinski definition) is 7. The molecule has 4 rings (SSSR count). The molecule has 182 valence electrons. The van der Waals surface area contributed by atoms with Crippen molar-refractivity contribution in [2.24, 2.45) is 5.73 Å². The minimum absolute atomic E-state index is 0.163. The molecule has 0 aliphatic heterocycles. The van der Waals surface area contributed by atoms with E-state index < -0.39 is 17.8 Å². The van der Waals surface area contributed by atoms with Gasteiger partial charge in [0.05, 0.1) is 35.4 Å². The molecule has 0 saturated carbocycles. The third kappa shape index (κ3) is 4.89. The van der Waals surface area contributed by atoms with E-state index in [-0.39, 0.29) is 34.8 Å². The van der Waals surface area contributed by atoms with E-state index in [9.17, 15) is 14.4 Å². The Balaban J connectivity index is 1.93. The van der Waals surface area contributed by atoms with E-state index in [1.54, 1.807) is 36.4 Å². The number of Topliss-reactive ketones (excluding diaryl/α,β-unsaturated/α-hetero) is 1. The molecule has 0 fully saturated rings. The fourth-order valence-electron chi connectivity index (χ4n) is 4.04. The van der Waals surface area contributed by atoms with E-state index in [1.165, 1.54) is 11.7 Å². The van der Waals surface area contributed by atoms with Crippen molar-refractivity contribution in [1.82, 2.24) is 4.57 Å². The maximum Gasteiger partial charge on any atom is 0.260 e. The van der Waals surface area contributed by atoms with Gasteiger partial charge in [-0.3, -0.25) is 19.0 Å². The van der Waals surface area contributed by atoms with Crippen molar-refractivity contribution in [3.8, 4) is 0 Å². The first-order valence-corrected chi connectivity index (χ1v) is 12.0. The molecule has 0 aliphatic carbocycles. The second-order valence-corrected chi connectivity index (χ2v) is 8.77. The number of pyridine rings is 1. The van der Waals surface area contributed by atoms with Gasteiger partial charge in [-0.15, -0.1) is 11.3 Å². The zero-order chi connectivity index (χ0) is 24.9. The smallest absolute Gasteiger partial charge is 0.260 e. The van der Waals surface area contributed by atoms with Crippen molar-refractivity contribution in [1.29, 1.82) is 0 Å². The van der Waals surface area contributed by atoms with Gasteiger partial charge in [-0.25, -0.2) is 0 Å². The molecule has 1 amide bonds. The first-order chi connectivity index (χ1) is 17.0. The standard InChI is InChI=1S/C26H26N2O6S/c1-3-33-13-14-34-26(32-2)21-20-22(35-23(21)24(27)30)17-11-7-8-12-18(17)28(25(20)31)15-19(29)16-9-5-4-6-10-16/h4-12,26H,3,13-15H2,1-2H3,(H2,27,30). The van der Waals surface area contributed by atoms with Crippen LogP contribution in [-0.4, -0.2) is 43.2 Å². The van der Waals surface area contributed by atoms with Crippen LogP contribution in [0.4, 0.5) is 0 Å². The fraction of sp³-hybridized carbons (Fsp3) is 0.269. The summed E-state index contributed by atoms with van der Waals surface area (Å²) in [5.74, 6) is -0.896. The summed E-state index contributed by atoms with van der Waals surface area (Å²) >= 11 is 1.12. The molecule has 2 aromatic heterocycles. The molecule has 0 radical (unpaired) electrons. The van der Waals surface area contributed by atoms with Crippen LogP contribution >= 0.6 is 11.3 Å². The number of nitrogens with two attached hydrogens (primary N) is 1. The lowest BCUT2D eigenvalue weighted by Crippen LogP contribution is -2.26. The summed E-state index contributed by atoms with van der Waals surface area (Å²) in [6, 6.07) is 16.1. The number of thiophene rings is 1. The number of nitrogens with zero attached hydrogens (tertiary/aromatic N) is 1. The van der Waals surface area contributed by atoms with Crippen molar-refractivity contribution >= 4 is 44.0 Å². The highest BCUT2D eigenvalue weighted by molar-refractivity contribution is 7.22. The number of carbonyl (C=O) groups excluding carboxylic acids is 2. The Morgan fingerprint density at radius 2 is 1.77 bits per heavy atom. The Hall–Kier alpha value is -3.37. The van der Waals surface area contributed by atoms with Crippen LogP contribution < -0.4 is 11.3 Å². The summed E-state index contributed by atoms with van der Waals surface area (Å²) in [4.78, 5) is 39.5. The Kier molecular flexibility index (Phi) is 7.72. The van der Waals surface area contributed by atoms with E-state index in [0.29, 0.717) is 29.0 Å². The van der Waals surface area contributed by atoms with Crippen LogP contribution in [0, 0.1) is 0 Å². The van der Waals surface area contributed by atoms with Gasteiger partial charge in [0.2, 0.25) is 0 Å². The van der Waals surface area contributed by atoms with E-state index >= 15 is 0 Å². The summed E-state index contributed by atoms with van der Waals surface area (Å²) < 4.78 is 18.7. The molecular weight excluding hydrogens is 468 g/mol. The first kappa shape index (κ1) is 24.7. The van der Waals surface area contributed by atoms with E-state index in [2.05, 4.69) is 0 Å². The first-order valence-electron chi connectivity index (χ1n) is 11.2. The number of rotatable bonds is 11. The molecule has 0 bridgehead atoms. The normalized spacial score (nSPS) is 12.3. The van der Waals surface area contributed by atoms with Crippen molar-refractivity contribution in [3.63, 3.8) is 0 Å². The predicted octanol–water partition coefficient (Wildman–Crippen LogP) is 3.90. The van der Waals surface area contributed by atoms with Gasteiger partial charge < -0.3 is 19.9 Å². The lowest BCUT2D eigenvalue weighted by molar-refractivity contribution is -0.136. The Labute approximate surface area is 205 Å². The minimum Gasteiger partial charge on any atom is -0.379 e. The molecule has 9 heteroatoms.